The van der Waals surface area contributed by atoms with Crippen LogP contribution in [-0.4, -0.2) is 43.5 Å². The molecule has 3 rings (SSSR count). The van der Waals surface area contributed by atoms with E-state index in [9.17, 15) is 19.7 Å². The number of nitro benzene ring substituents is 1. The van der Waals surface area contributed by atoms with E-state index in [0.29, 0.717) is 24.4 Å². The molecule has 0 bridgehead atoms. The molecule has 1 aliphatic carbocycles. The number of hydrogen-bond donors (Lipinski definition) is 1. The number of carbonyl (C=O) groups is 2. The number of fused-ring (bicyclic) bond motifs is 1. The number of ether oxygens (including phenoxy) is 2. The number of anilines is 1. The molecule has 2 aromatic carbocycles. The van der Waals surface area contributed by atoms with Crippen LogP contribution in [0.4, 0.5) is 11.4 Å². The Balaban J connectivity index is 1.70. The zero-order chi connectivity index (χ0) is 20.8. The molecule has 0 spiro atoms. The van der Waals surface area contributed by atoms with Crippen molar-refractivity contribution < 1.29 is 24.0 Å². The highest BCUT2D eigenvalue weighted by Crippen LogP contribution is 2.24. The van der Waals surface area contributed by atoms with Crippen molar-refractivity contribution in [2.45, 2.75) is 19.3 Å². The summed E-state index contributed by atoms with van der Waals surface area (Å²) in [6, 6.07) is 9.40. The quantitative estimate of drug-likeness (QED) is 0.227. The van der Waals surface area contributed by atoms with E-state index >= 15 is 0 Å². The van der Waals surface area contributed by atoms with Crippen LogP contribution in [0.25, 0.3) is 0 Å². The number of esters is 1. The Bertz CT molecular complexity index is 941. The number of hydrogen-bond acceptors (Lipinski definition) is 7. The lowest BCUT2D eigenvalue weighted by molar-refractivity contribution is -0.384. The summed E-state index contributed by atoms with van der Waals surface area (Å²) in [5.41, 5.74) is 3.04. The van der Waals surface area contributed by atoms with Crippen LogP contribution in [0.5, 0.6) is 0 Å². The Morgan fingerprint density at radius 2 is 1.93 bits per heavy atom. The highest BCUT2D eigenvalue weighted by molar-refractivity contribution is 6.01. The first-order chi connectivity index (χ1) is 14.0. The van der Waals surface area contributed by atoms with Gasteiger partial charge < -0.3 is 14.8 Å². The Morgan fingerprint density at radius 1 is 1.14 bits per heavy atom. The fraction of sp³-hybridized carbons (Fsp3) is 0.333. The van der Waals surface area contributed by atoms with Crippen molar-refractivity contribution in [3.8, 4) is 0 Å². The van der Waals surface area contributed by atoms with Gasteiger partial charge in [0, 0.05) is 37.0 Å². The van der Waals surface area contributed by atoms with Crippen molar-refractivity contribution in [1.82, 2.24) is 0 Å². The minimum atomic E-state index is -0.803. The van der Waals surface area contributed by atoms with Gasteiger partial charge in [0.1, 0.15) is 0 Å². The molecule has 0 saturated heterocycles. The second-order valence-corrected chi connectivity index (χ2v) is 6.74. The number of Topliss-reactive ketones (excluding diaryl/α,β-unsaturated/α-hetero) is 1. The Labute approximate surface area is 168 Å². The van der Waals surface area contributed by atoms with Crippen molar-refractivity contribution in [2.75, 3.05) is 32.2 Å². The molecule has 8 nitrogen and oxygen atoms in total. The molecule has 0 unspecified atom stereocenters. The maximum Gasteiger partial charge on any atom is 0.340 e. The number of benzene rings is 2. The van der Waals surface area contributed by atoms with Crippen LogP contribution in [0.3, 0.4) is 0 Å². The SMILES string of the molecule is COCCNc1ccc([N+](=O)[O-])cc1C(=O)OCC(=O)c1ccc2c(c1)CCC2. The summed E-state index contributed by atoms with van der Waals surface area (Å²) in [4.78, 5) is 35.4. The number of nitrogens with zero attached hydrogens (tertiary/aromatic N) is 1. The van der Waals surface area contributed by atoms with Crippen LogP contribution in [0.2, 0.25) is 0 Å². The molecule has 1 aliphatic rings. The van der Waals surface area contributed by atoms with E-state index in [1.165, 1.54) is 24.8 Å². The summed E-state index contributed by atoms with van der Waals surface area (Å²) in [6.45, 7) is 0.364. The summed E-state index contributed by atoms with van der Waals surface area (Å²) in [7, 11) is 1.54. The van der Waals surface area contributed by atoms with Gasteiger partial charge in [0.15, 0.2) is 12.4 Å². The highest BCUT2D eigenvalue weighted by Gasteiger charge is 2.20. The van der Waals surface area contributed by atoms with Gasteiger partial charge in [-0.2, -0.15) is 0 Å². The molecule has 29 heavy (non-hydrogen) atoms. The van der Waals surface area contributed by atoms with E-state index in [1.807, 2.05) is 12.1 Å². The van der Waals surface area contributed by atoms with Gasteiger partial charge in [-0.15, -0.1) is 0 Å². The smallest absolute Gasteiger partial charge is 0.340 e. The van der Waals surface area contributed by atoms with Crippen LogP contribution < -0.4 is 5.32 Å². The predicted molar refractivity (Wildman–Crippen MR) is 107 cm³/mol. The van der Waals surface area contributed by atoms with Gasteiger partial charge in [0.05, 0.1) is 17.1 Å². The number of non-ortho nitro benzene ring substituents is 1. The first-order valence-electron chi connectivity index (χ1n) is 9.33. The van der Waals surface area contributed by atoms with Crippen molar-refractivity contribution in [2.24, 2.45) is 0 Å². The third kappa shape index (κ3) is 4.97. The number of nitro groups is 1. The molecule has 0 atom stereocenters. The number of methoxy groups -OCH3 is 1. The maximum atomic E-state index is 12.5. The molecule has 0 amide bonds. The molecular formula is C21H22N2O6. The fourth-order valence-corrected chi connectivity index (χ4v) is 3.29. The van der Waals surface area contributed by atoms with Gasteiger partial charge in [-0.1, -0.05) is 12.1 Å². The lowest BCUT2D eigenvalue weighted by atomic mass is 10.0. The van der Waals surface area contributed by atoms with E-state index in [2.05, 4.69) is 5.32 Å². The van der Waals surface area contributed by atoms with E-state index in [4.69, 9.17) is 9.47 Å². The number of rotatable bonds is 9. The van der Waals surface area contributed by atoms with Crippen LogP contribution >= 0.6 is 0 Å². The third-order valence-electron chi connectivity index (χ3n) is 4.81. The molecule has 8 heteroatoms. The second kappa shape index (κ2) is 9.29. The van der Waals surface area contributed by atoms with E-state index in [1.54, 1.807) is 6.07 Å². The Morgan fingerprint density at radius 3 is 2.69 bits per heavy atom. The van der Waals surface area contributed by atoms with Crippen LogP contribution in [0, 0.1) is 10.1 Å². The largest absolute Gasteiger partial charge is 0.454 e. The minimum Gasteiger partial charge on any atom is -0.454 e. The zero-order valence-electron chi connectivity index (χ0n) is 16.1. The van der Waals surface area contributed by atoms with Gasteiger partial charge in [-0.3, -0.25) is 14.9 Å². The topological polar surface area (TPSA) is 108 Å². The Hall–Kier alpha value is -3.26. The van der Waals surface area contributed by atoms with Crippen molar-refractivity contribution >= 4 is 23.1 Å². The molecule has 0 saturated carbocycles. The zero-order valence-corrected chi connectivity index (χ0v) is 16.1. The monoisotopic (exact) mass is 398 g/mol. The molecule has 1 N–H and O–H groups in total. The average molecular weight is 398 g/mol. The summed E-state index contributed by atoms with van der Waals surface area (Å²) in [5.74, 6) is -1.12. The van der Waals surface area contributed by atoms with Gasteiger partial charge in [-0.25, -0.2) is 4.79 Å². The maximum absolute atomic E-state index is 12.5. The fourth-order valence-electron chi connectivity index (χ4n) is 3.29. The number of carbonyl (C=O) groups excluding carboxylic acids is 2. The lowest BCUT2D eigenvalue weighted by Gasteiger charge is -2.11. The molecule has 152 valence electrons. The van der Waals surface area contributed by atoms with Crippen LogP contribution in [0.1, 0.15) is 38.3 Å². The standard InChI is InChI=1S/C21H22N2O6/c1-28-10-9-22-19-8-7-17(23(26)27)12-18(19)21(25)29-13-20(24)16-6-5-14-3-2-4-15(14)11-16/h5-8,11-12,22H,2-4,9-10,13H2,1H3. The van der Waals surface area contributed by atoms with Gasteiger partial charge in [0.2, 0.25) is 0 Å². The summed E-state index contributed by atoms with van der Waals surface area (Å²) in [5, 5.41) is 14.0. The van der Waals surface area contributed by atoms with Gasteiger partial charge in [0.25, 0.3) is 5.69 Å². The number of nitrogens with one attached hydrogen (secondary N) is 1. The third-order valence-corrected chi connectivity index (χ3v) is 4.81. The van der Waals surface area contributed by atoms with Gasteiger partial charge in [-0.05, 0) is 42.5 Å². The summed E-state index contributed by atoms with van der Waals surface area (Å²) < 4.78 is 10.1. The highest BCUT2D eigenvalue weighted by atomic mass is 16.6. The van der Waals surface area contributed by atoms with E-state index in [0.717, 1.165) is 30.9 Å². The van der Waals surface area contributed by atoms with Crippen LogP contribution in [-0.2, 0) is 22.3 Å². The molecular weight excluding hydrogens is 376 g/mol. The first-order valence-corrected chi connectivity index (χ1v) is 9.33. The van der Waals surface area contributed by atoms with E-state index in [-0.39, 0.29) is 17.0 Å². The number of ketones is 1. The van der Waals surface area contributed by atoms with Crippen molar-refractivity contribution in [1.29, 1.82) is 0 Å². The predicted octanol–water partition coefficient (Wildman–Crippen LogP) is 3.18. The second-order valence-electron chi connectivity index (χ2n) is 6.74. The lowest BCUT2D eigenvalue weighted by Crippen LogP contribution is -2.17. The number of aryl methyl sites for hydroxylation is 2. The Kier molecular flexibility index (Phi) is 6.56. The van der Waals surface area contributed by atoms with Crippen LogP contribution in [0.15, 0.2) is 36.4 Å². The minimum absolute atomic E-state index is 0.00273. The molecule has 0 aliphatic heterocycles. The summed E-state index contributed by atoms with van der Waals surface area (Å²) in [6.07, 6.45) is 3.04. The average Bonchev–Trinajstić information content (AvgIpc) is 3.19. The molecule has 2 aromatic rings. The normalized spacial score (nSPS) is 12.3. The molecule has 0 radical (unpaired) electrons. The van der Waals surface area contributed by atoms with E-state index < -0.39 is 17.5 Å². The molecule has 0 heterocycles. The summed E-state index contributed by atoms with van der Waals surface area (Å²) >= 11 is 0. The molecule has 0 fully saturated rings. The van der Waals surface area contributed by atoms with Crippen molar-refractivity contribution in [3.63, 3.8) is 0 Å². The first kappa shape index (κ1) is 20.5. The van der Waals surface area contributed by atoms with Gasteiger partial charge >= 0.3 is 5.97 Å². The molecule has 0 aromatic heterocycles. The van der Waals surface area contributed by atoms with Crippen molar-refractivity contribution in [3.05, 3.63) is 68.8 Å².